The van der Waals surface area contributed by atoms with E-state index in [2.05, 4.69) is 21.2 Å². The molecule has 0 aromatic heterocycles. The number of hydrogen-bond donors (Lipinski definition) is 1. The second-order valence-electron chi connectivity index (χ2n) is 2.86. The van der Waals surface area contributed by atoms with Gasteiger partial charge in [-0.2, -0.15) is 0 Å². The molecule has 1 unspecified atom stereocenters. The van der Waals surface area contributed by atoms with Crippen LogP contribution in [0, 0.1) is 0 Å². The van der Waals surface area contributed by atoms with Gasteiger partial charge in [0, 0.05) is 0 Å². The standard InChI is InChI=1S/C9H10BrNO2/c1-5-11-8-7(12-2)4-3-6(10)9(8)13-5/h3-5,11H,1-2H3. The summed E-state index contributed by atoms with van der Waals surface area (Å²) in [4.78, 5) is 0. The summed E-state index contributed by atoms with van der Waals surface area (Å²) >= 11 is 3.42. The van der Waals surface area contributed by atoms with Crippen molar-refractivity contribution in [2.75, 3.05) is 12.4 Å². The molecule has 0 bridgehead atoms. The lowest BCUT2D eigenvalue weighted by molar-refractivity contribution is 0.273. The summed E-state index contributed by atoms with van der Waals surface area (Å²) in [6.45, 7) is 1.95. The fraction of sp³-hybridized carbons (Fsp3) is 0.333. The molecule has 1 atom stereocenters. The minimum atomic E-state index is 0.00241. The largest absolute Gasteiger partial charge is 0.494 e. The van der Waals surface area contributed by atoms with Crippen LogP contribution in [0.15, 0.2) is 16.6 Å². The first-order chi connectivity index (χ1) is 6.22. The van der Waals surface area contributed by atoms with Gasteiger partial charge in [0.15, 0.2) is 12.0 Å². The maximum absolute atomic E-state index is 5.54. The molecule has 0 spiro atoms. The number of anilines is 1. The number of methoxy groups -OCH3 is 1. The van der Waals surface area contributed by atoms with Crippen molar-refractivity contribution < 1.29 is 9.47 Å². The molecule has 1 aromatic carbocycles. The van der Waals surface area contributed by atoms with Crippen LogP contribution in [0.1, 0.15) is 6.92 Å². The Labute approximate surface area is 85.2 Å². The van der Waals surface area contributed by atoms with Gasteiger partial charge in [-0.25, -0.2) is 0 Å². The van der Waals surface area contributed by atoms with Gasteiger partial charge in [0.05, 0.1) is 11.6 Å². The molecule has 13 heavy (non-hydrogen) atoms. The van der Waals surface area contributed by atoms with Crippen molar-refractivity contribution in [1.29, 1.82) is 0 Å². The molecule has 1 N–H and O–H groups in total. The molecule has 0 saturated heterocycles. The molecular weight excluding hydrogens is 234 g/mol. The number of fused-ring (bicyclic) bond motifs is 1. The lowest BCUT2D eigenvalue weighted by Gasteiger charge is -2.05. The summed E-state index contributed by atoms with van der Waals surface area (Å²) in [5.41, 5.74) is 0.921. The fourth-order valence-electron chi connectivity index (χ4n) is 1.37. The normalized spacial score (nSPS) is 18.8. The fourth-order valence-corrected chi connectivity index (χ4v) is 1.79. The summed E-state index contributed by atoms with van der Waals surface area (Å²) in [7, 11) is 1.65. The lowest BCUT2D eigenvalue weighted by Crippen LogP contribution is -2.14. The summed E-state index contributed by atoms with van der Waals surface area (Å²) in [5, 5.41) is 3.18. The molecule has 0 radical (unpaired) electrons. The molecule has 3 nitrogen and oxygen atoms in total. The number of ether oxygens (including phenoxy) is 2. The monoisotopic (exact) mass is 243 g/mol. The van der Waals surface area contributed by atoms with Crippen molar-refractivity contribution in [2.24, 2.45) is 0 Å². The maximum atomic E-state index is 5.54. The van der Waals surface area contributed by atoms with Gasteiger partial charge in [-0.15, -0.1) is 0 Å². The second kappa shape index (κ2) is 3.10. The molecule has 4 heteroatoms. The van der Waals surface area contributed by atoms with Crippen LogP contribution in [0.25, 0.3) is 0 Å². The van der Waals surface area contributed by atoms with Gasteiger partial charge < -0.3 is 14.8 Å². The number of rotatable bonds is 1. The van der Waals surface area contributed by atoms with Crippen LogP contribution in [0.3, 0.4) is 0 Å². The average Bonchev–Trinajstić information content (AvgIpc) is 2.48. The van der Waals surface area contributed by atoms with Crippen molar-refractivity contribution in [3.63, 3.8) is 0 Å². The predicted molar refractivity (Wildman–Crippen MR) is 54.4 cm³/mol. The van der Waals surface area contributed by atoms with Crippen molar-refractivity contribution >= 4 is 21.6 Å². The first-order valence-corrected chi connectivity index (χ1v) is 4.81. The van der Waals surface area contributed by atoms with Crippen LogP contribution in [0.5, 0.6) is 11.5 Å². The maximum Gasteiger partial charge on any atom is 0.167 e. The van der Waals surface area contributed by atoms with Gasteiger partial charge in [0.2, 0.25) is 0 Å². The van der Waals surface area contributed by atoms with Crippen molar-refractivity contribution in [1.82, 2.24) is 0 Å². The molecule has 1 aliphatic heterocycles. The Balaban J connectivity index is 2.52. The quantitative estimate of drug-likeness (QED) is 0.823. The molecule has 1 aliphatic rings. The molecule has 1 heterocycles. The van der Waals surface area contributed by atoms with Crippen LogP contribution in [-0.4, -0.2) is 13.3 Å². The minimum absolute atomic E-state index is 0.00241. The Morgan fingerprint density at radius 1 is 1.54 bits per heavy atom. The third-order valence-electron chi connectivity index (χ3n) is 1.93. The van der Waals surface area contributed by atoms with Crippen LogP contribution < -0.4 is 14.8 Å². The number of benzene rings is 1. The third-order valence-corrected chi connectivity index (χ3v) is 2.56. The number of halogens is 1. The molecule has 0 fully saturated rings. The molecule has 0 saturated carbocycles. The zero-order valence-electron chi connectivity index (χ0n) is 7.43. The van der Waals surface area contributed by atoms with Gasteiger partial charge in [0.1, 0.15) is 11.4 Å². The summed E-state index contributed by atoms with van der Waals surface area (Å²) in [5.74, 6) is 1.63. The Bertz CT molecular complexity index is 341. The van der Waals surface area contributed by atoms with Gasteiger partial charge in [0.25, 0.3) is 0 Å². The van der Waals surface area contributed by atoms with Crippen LogP contribution in [-0.2, 0) is 0 Å². The molecule has 2 rings (SSSR count). The van der Waals surface area contributed by atoms with Crippen molar-refractivity contribution in [2.45, 2.75) is 13.2 Å². The van der Waals surface area contributed by atoms with Crippen LogP contribution >= 0.6 is 15.9 Å². The van der Waals surface area contributed by atoms with Crippen molar-refractivity contribution in [3.05, 3.63) is 16.6 Å². The molecular formula is C9H10BrNO2. The zero-order valence-corrected chi connectivity index (χ0v) is 9.01. The minimum Gasteiger partial charge on any atom is -0.494 e. The van der Waals surface area contributed by atoms with E-state index >= 15 is 0 Å². The Morgan fingerprint density at radius 2 is 2.31 bits per heavy atom. The lowest BCUT2D eigenvalue weighted by atomic mass is 10.3. The van der Waals surface area contributed by atoms with E-state index in [1.807, 2.05) is 19.1 Å². The highest BCUT2D eigenvalue weighted by Crippen LogP contribution is 2.44. The van der Waals surface area contributed by atoms with E-state index in [9.17, 15) is 0 Å². The Hall–Kier alpha value is -0.900. The summed E-state index contributed by atoms with van der Waals surface area (Å²) in [6.07, 6.45) is 0.00241. The average molecular weight is 244 g/mol. The second-order valence-corrected chi connectivity index (χ2v) is 3.71. The van der Waals surface area contributed by atoms with E-state index in [0.29, 0.717) is 0 Å². The van der Waals surface area contributed by atoms with E-state index in [4.69, 9.17) is 9.47 Å². The van der Waals surface area contributed by atoms with Gasteiger partial charge in [-0.1, -0.05) is 0 Å². The predicted octanol–water partition coefficient (Wildman–Crippen LogP) is 2.61. The molecule has 0 aliphatic carbocycles. The SMILES string of the molecule is COc1ccc(Br)c2c1NC(C)O2. The molecule has 1 aromatic rings. The van der Waals surface area contributed by atoms with E-state index < -0.39 is 0 Å². The highest BCUT2D eigenvalue weighted by Gasteiger charge is 2.23. The van der Waals surface area contributed by atoms with Crippen molar-refractivity contribution in [3.8, 4) is 11.5 Å². The van der Waals surface area contributed by atoms with Gasteiger partial charge in [-0.05, 0) is 35.0 Å². The topological polar surface area (TPSA) is 30.5 Å². The highest BCUT2D eigenvalue weighted by molar-refractivity contribution is 9.10. The zero-order chi connectivity index (χ0) is 9.42. The van der Waals surface area contributed by atoms with Gasteiger partial charge in [-0.3, -0.25) is 0 Å². The van der Waals surface area contributed by atoms with E-state index in [0.717, 1.165) is 21.7 Å². The Kier molecular flexibility index (Phi) is 2.07. The number of nitrogens with one attached hydrogen (secondary N) is 1. The highest BCUT2D eigenvalue weighted by atomic mass is 79.9. The van der Waals surface area contributed by atoms with E-state index in [1.54, 1.807) is 7.11 Å². The first-order valence-electron chi connectivity index (χ1n) is 4.02. The summed E-state index contributed by atoms with van der Waals surface area (Å²) < 4.78 is 11.7. The smallest absolute Gasteiger partial charge is 0.167 e. The van der Waals surface area contributed by atoms with E-state index in [1.165, 1.54) is 0 Å². The van der Waals surface area contributed by atoms with Gasteiger partial charge >= 0.3 is 0 Å². The van der Waals surface area contributed by atoms with Crippen LogP contribution in [0.2, 0.25) is 0 Å². The molecule has 0 amide bonds. The third kappa shape index (κ3) is 1.35. The number of hydrogen-bond acceptors (Lipinski definition) is 3. The van der Waals surface area contributed by atoms with Crippen LogP contribution in [0.4, 0.5) is 5.69 Å². The molecule has 70 valence electrons. The Morgan fingerprint density at radius 3 is 3.00 bits per heavy atom. The first kappa shape index (κ1) is 8.69. The summed E-state index contributed by atoms with van der Waals surface area (Å²) in [6, 6.07) is 3.81. The van der Waals surface area contributed by atoms with E-state index in [-0.39, 0.29) is 6.23 Å².